The third-order valence-electron chi connectivity index (χ3n) is 4.40. The van der Waals surface area contributed by atoms with Gasteiger partial charge in [0.1, 0.15) is 5.82 Å². The number of ether oxygens (including phenoxy) is 1. The van der Waals surface area contributed by atoms with E-state index >= 15 is 0 Å². The number of aromatic nitrogens is 2. The molecule has 0 saturated heterocycles. The summed E-state index contributed by atoms with van der Waals surface area (Å²) in [5.74, 6) is -1.77. The molecule has 7 nitrogen and oxygen atoms in total. The summed E-state index contributed by atoms with van der Waals surface area (Å²) in [5.41, 5.74) is 2.83. The number of rotatable bonds is 4. The zero-order valence-corrected chi connectivity index (χ0v) is 16.1. The Balaban J connectivity index is 1.52. The largest absolute Gasteiger partial charge is 0.372 e. The normalized spacial score (nSPS) is 12.5. The van der Waals surface area contributed by atoms with Crippen LogP contribution in [0, 0.1) is 5.82 Å². The molecule has 1 aliphatic heterocycles. The van der Waals surface area contributed by atoms with Crippen LogP contribution >= 0.6 is 11.6 Å². The topological polar surface area (TPSA) is 85.2 Å². The number of amides is 2. The average Bonchev–Trinajstić information content (AvgIpc) is 3.26. The van der Waals surface area contributed by atoms with Crippen molar-refractivity contribution in [2.45, 2.75) is 13.2 Å². The molecule has 0 unspecified atom stereocenters. The number of halogens is 2. The summed E-state index contributed by atoms with van der Waals surface area (Å²) in [5, 5.41) is 9.37. The molecule has 0 fully saturated rings. The molecule has 9 heteroatoms. The second kappa shape index (κ2) is 7.65. The van der Waals surface area contributed by atoms with Crippen molar-refractivity contribution >= 4 is 34.8 Å². The van der Waals surface area contributed by atoms with E-state index in [1.54, 1.807) is 13.1 Å². The molecule has 0 bridgehead atoms. The van der Waals surface area contributed by atoms with E-state index in [1.165, 1.54) is 16.9 Å². The van der Waals surface area contributed by atoms with Gasteiger partial charge in [0, 0.05) is 30.2 Å². The summed E-state index contributed by atoms with van der Waals surface area (Å²) in [6, 6.07) is 9.05. The van der Waals surface area contributed by atoms with Crippen LogP contribution in [0.15, 0.2) is 42.6 Å². The molecular weight excluding hydrogens is 399 g/mol. The minimum atomic E-state index is -0.664. The molecule has 0 atom stereocenters. The number of aryl methyl sites for hydroxylation is 1. The Kier molecular flexibility index (Phi) is 5.04. The summed E-state index contributed by atoms with van der Waals surface area (Å²) in [6.45, 7) is 1.04. The summed E-state index contributed by atoms with van der Waals surface area (Å²) in [6.07, 6.45) is 1.47. The maximum Gasteiger partial charge on any atom is 0.277 e. The number of anilines is 2. The minimum Gasteiger partial charge on any atom is -0.372 e. The lowest BCUT2D eigenvalue weighted by Crippen LogP contribution is -2.16. The SMILES string of the molecule is Cn1cc(Cl)c(C(=O)Nc2cc(F)cc(C(=O)Nc3ccc4c(c3)COC4)c2)n1. The highest BCUT2D eigenvalue weighted by Gasteiger charge is 2.17. The molecule has 0 spiro atoms. The molecule has 2 N–H and O–H groups in total. The lowest BCUT2D eigenvalue weighted by atomic mass is 10.1. The molecule has 3 aromatic rings. The maximum atomic E-state index is 14.0. The molecule has 0 radical (unpaired) electrons. The van der Waals surface area contributed by atoms with Gasteiger partial charge >= 0.3 is 0 Å². The molecule has 1 aromatic heterocycles. The summed E-state index contributed by atoms with van der Waals surface area (Å²) in [7, 11) is 1.62. The fraction of sp³-hybridized carbons (Fsp3) is 0.150. The van der Waals surface area contributed by atoms with Crippen molar-refractivity contribution in [2.24, 2.45) is 7.05 Å². The monoisotopic (exact) mass is 414 g/mol. The van der Waals surface area contributed by atoms with Crippen molar-refractivity contribution in [2.75, 3.05) is 10.6 Å². The Bertz CT molecular complexity index is 1130. The van der Waals surface area contributed by atoms with Gasteiger partial charge < -0.3 is 15.4 Å². The summed E-state index contributed by atoms with van der Waals surface area (Å²) >= 11 is 5.96. The first-order valence-corrected chi connectivity index (χ1v) is 9.09. The number of nitrogens with zero attached hydrogens (tertiary/aromatic N) is 2. The van der Waals surface area contributed by atoms with E-state index in [4.69, 9.17) is 16.3 Å². The van der Waals surface area contributed by atoms with Crippen molar-refractivity contribution in [1.29, 1.82) is 0 Å². The van der Waals surface area contributed by atoms with Crippen LogP contribution in [0.2, 0.25) is 5.02 Å². The number of benzene rings is 2. The molecule has 0 saturated carbocycles. The van der Waals surface area contributed by atoms with Gasteiger partial charge in [0.25, 0.3) is 11.8 Å². The lowest BCUT2D eigenvalue weighted by molar-refractivity contribution is 0.101. The Labute approximate surface area is 170 Å². The van der Waals surface area contributed by atoms with Gasteiger partial charge in [0.15, 0.2) is 5.69 Å². The number of hydrogen-bond acceptors (Lipinski definition) is 4. The molecule has 148 valence electrons. The van der Waals surface area contributed by atoms with Gasteiger partial charge in [-0.15, -0.1) is 0 Å². The van der Waals surface area contributed by atoms with Crippen molar-refractivity contribution in [3.8, 4) is 0 Å². The first kappa shape index (κ1) is 19.1. The van der Waals surface area contributed by atoms with Gasteiger partial charge in [-0.2, -0.15) is 5.10 Å². The highest BCUT2D eigenvalue weighted by molar-refractivity contribution is 6.34. The number of nitrogens with one attached hydrogen (secondary N) is 2. The molecule has 0 aliphatic carbocycles. The standard InChI is InChI=1S/C20H16ClFN4O3/c1-26-8-17(21)18(25-26)20(28)24-16-5-12(4-14(22)7-16)19(27)23-15-3-2-11-9-29-10-13(11)6-15/h2-8H,9-10H2,1H3,(H,23,27)(H,24,28). The van der Waals surface area contributed by atoms with Gasteiger partial charge in [-0.1, -0.05) is 17.7 Å². The highest BCUT2D eigenvalue weighted by Crippen LogP contribution is 2.24. The van der Waals surface area contributed by atoms with Crippen molar-refractivity contribution in [3.05, 3.63) is 75.8 Å². The van der Waals surface area contributed by atoms with Crippen LogP contribution in [-0.4, -0.2) is 21.6 Å². The van der Waals surface area contributed by atoms with E-state index in [9.17, 15) is 14.0 Å². The molecule has 1 aliphatic rings. The van der Waals surface area contributed by atoms with Crippen LogP contribution in [0.25, 0.3) is 0 Å². The first-order valence-electron chi connectivity index (χ1n) is 8.71. The van der Waals surface area contributed by atoms with Crippen LogP contribution in [0.4, 0.5) is 15.8 Å². The molecule has 29 heavy (non-hydrogen) atoms. The minimum absolute atomic E-state index is 0.00443. The molecule has 2 aromatic carbocycles. The maximum absolute atomic E-state index is 14.0. The quantitative estimate of drug-likeness (QED) is 0.681. The van der Waals surface area contributed by atoms with Crippen molar-refractivity contribution in [1.82, 2.24) is 9.78 Å². The Hall–Kier alpha value is -3.23. The first-order chi connectivity index (χ1) is 13.9. The Morgan fingerprint density at radius 1 is 1.07 bits per heavy atom. The van der Waals surface area contributed by atoms with E-state index in [1.807, 2.05) is 12.1 Å². The number of carbonyl (C=O) groups is 2. The van der Waals surface area contributed by atoms with Crippen LogP contribution in [-0.2, 0) is 25.0 Å². The predicted molar refractivity (Wildman–Crippen MR) is 105 cm³/mol. The Morgan fingerprint density at radius 3 is 2.59 bits per heavy atom. The van der Waals surface area contributed by atoms with Gasteiger partial charge in [0.05, 0.1) is 18.2 Å². The Morgan fingerprint density at radius 2 is 1.83 bits per heavy atom. The van der Waals surface area contributed by atoms with E-state index in [2.05, 4.69) is 15.7 Å². The second-order valence-corrected chi connectivity index (χ2v) is 7.02. The lowest BCUT2D eigenvalue weighted by Gasteiger charge is -2.09. The number of hydrogen-bond donors (Lipinski definition) is 2. The van der Waals surface area contributed by atoms with E-state index in [0.717, 1.165) is 23.3 Å². The van der Waals surface area contributed by atoms with Gasteiger partial charge in [-0.3, -0.25) is 14.3 Å². The van der Waals surface area contributed by atoms with Gasteiger partial charge in [-0.05, 0) is 41.5 Å². The van der Waals surface area contributed by atoms with Gasteiger partial charge in [0.2, 0.25) is 0 Å². The highest BCUT2D eigenvalue weighted by atomic mass is 35.5. The number of carbonyl (C=O) groups excluding carboxylic acids is 2. The van der Waals surface area contributed by atoms with Crippen molar-refractivity contribution < 1.29 is 18.7 Å². The summed E-state index contributed by atoms with van der Waals surface area (Å²) < 4.78 is 20.8. The van der Waals surface area contributed by atoms with Crippen molar-refractivity contribution in [3.63, 3.8) is 0 Å². The van der Waals surface area contributed by atoms with Gasteiger partial charge in [-0.25, -0.2) is 4.39 Å². The van der Waals surface area contributed by atoms with Crippen LogP contribution in [0.1, 0.15) is 32.0 Å². The van der Waals surface area contributed by atoms with Crippen LogP contribution in [0.3, 0.4) is 0 Å². The van der Waals surface area contributed by atoms with E-state index in [-0.39, 0.29) is 22.0 Å². The second-order valence-electron chi connectivity index (χ2n) is 6.61. The van der Waals surface area contributed by atoms with E-state index in [0.29, 0.717) is 18.9 Å². The molecular formula is C20H16ClFN4O3. The van der Waals surface area contributed by atoms with Crippen LogP contribution < -0.4 is 10.6 Å². The zero-order chi connectivity index (χ0) is 20.5. The van der Waals surface area contributed by atoms with Crippen LogP contribution in [0.5, 0.6) is 0 Å². The fourth-order valence-electron chi connectivity index (χ4n) is 3.05. The molecule has 2 amide bonds. The van der Waals surface area contributed by atoms with E-state index < -0.39 is 17.6 Å². The third kappa shape index (κ3) is 4.13. The average molecular weight is 415 g/mol. The zero-order valence-electron chi connectivity index (χ0n) is 15.3. The third-order valence-corrected chi connectivity index (χ3v) is 4.67. The molecule has 2 heterocycles. The smallest absolute Gasteiger partial charge is 0.277 e. The molecule has 4 rings (SSSR count). The number of fused-ring (bicyclic) bond motifs is 1. The summed E-state index contributed by atoms with van der Waals surface area (Å²) in [4.78, 5) is 24.9. The predicted octanol–water partition coefficient (Wildman–Crippen LogP) is 3.75. The fourth-order valence-corrected chi connectivity index (χ4v) is 3.31.